The largest absolute Gasteiger partial charge is 0.313 e. The zero-order valence-electron chi connectivity index (χ0n) is 10.7. The third kappa shape index (κ3) is 2.93. The SMILES string of the molecule is CNC(Cc1ccccn1)c1ccc(C)cc1F. The van der Waals surface area contributed by atoms with Crippen molar-refractivity contribution in [2.45, 2.75) is 19.4 Å². The Bertz CT molecular complexity index is 511. The van der Waals surface area contributed by atoms with E-state index < -0.39 is 0 Å². The average Bonchev–Trinajstić information content (AvgIpc) is 2.38. The second kappa shape index (κ2) is 5.74. The van der Waals surface area contributed by atoms with Gasteiger partial charge in [-0.3, -0.25) is 4.98 Å². The second-order valence-corrected chi connectivity index (χ2v) is 4.39. The molecule has 0 saturated heterocycles. The van der Waals surface area contributed by atoms with Crippen LogP contribution in [0, 0.1) is 12.7 Å². The van der Waals surface area contributed by atoms with E-state index in [1.807, 2.05) is 44.3 Å². The molecule has 1 unspecified atom stereocenters. The van der Waals surface area contributed by atoms with Gasteiger partial charge in [0.05, 0.1) is 0 Å². The van der Waals surface area contributed by atoms with Crippen LogP contribution in [0.5, 0.6) is 0 Å². The maximum atomic E-state index is 13.9. The van der Waals surface area contributed by atoms with Crippen molar-refractivity contribution in [3.05, 3.63) is 65.2 Å². The standard InChI is InChI=1S/C15H17FN2/c1-11-6-7-13(14(16)9-11)15(17-2)10-12-5-3-4-8-18-12/h3-9,15,17H,10H2,1-2H3. The molecule has 1 N–H and O–H groups in total. The zero-order chi connectivity index (χ0) is 13.0. The third-order valence-corrected chi connectivity index (χ3v) is 3.02. The lowest BCUT2D eigenvalue weighted by atomic mass is 10.00. The number of likely N-dealkylation sites (N-methyl/N-ethyl adjacent to an activating group) is 1. The van der Waals surface area contributed by atoms with Crippen molar-refractivity contribution in [1.82, 2.24) is 10.3 Å². The van der Waals surface area contributed by atoms with E-state index in [0.717, 1.165) is 11.3 Å². The minimum atomic E-state index is -0.162. The molecule has 0 saturated carbocycles. The van der Waals surface area contributed by atoms with Crippen LogP contribution in [-0.2, 0) is 6.42 Å². The first-order valence-corrected chi connectivity index (χ1v) is 6.04. The number of halogens is 1. The average molecular weight is 244 g/mol. The molecule has 0 amide bonds. The summed E-state index contributed by atoms with van der Waals surface area (Å²) in [6, 6.07) is 11.1. The molecule has 2 rings (SSSR count). The molecule has 0 fully saturated rings. The minimum absolute atomic E-state index is 0.0551. The van der Waals surface area contributed by atoms with Gasteiger partial charge in [-0.1, -0.05) is 18.2 Å². The number of nitrogens with zero attached hydrogens (tertiary/aromatic N) is 1. The van der Waals surface area contributed by atoms with Gasteiger partial charge in [-0.2, -0.15) is 0 Å². The fourth-order valence-electron chi connectivity index (χ4n) is 2.01. The Morgan fingerprint density at radius 2 is 2.11 bits per heavy atom. The van der Waals surface area contributed by atoms with Crippen molar-refractivity contribution in [2.75, 3.05) is 7.05 Å². The lowest BCUT2D eigenvalue weighted by Gasteiger charge is -2.17. The predicted molar refractivity (Wildman–Crippen MR) is 70.9 cm³/mol. The van der Waals surface area contributed by atoms with Gasteiger partial charge in [0, 0.05) is 29.9 Å². The van der Waals surface area contributed by atoms with Gasteiger partial charge >= 0.3 is 0 Å². The van der Waals surface area contributed by atoms with E-state index in [-0.39, 0.29) is 11.9 Å². The summed E-state index contributed by atoms with van der Waals surface area (Å²) in [5.41, 5.74) is 2.58. The first kappa shape index (κ1) is 12.7. The van der Waals surface area contributed by atoms with Gasteiger partial charge in [-0.15, -0.1) is 0 Å². The number of aryl methyl sites for hydroxylation is 1. The fourth-order valence-corrected chi connectivity index (χ4v) is 2.01. The lowest BCUT2D eigenvalue weighted by molar-refractivity contribution is 0.529. The Labute approximate surface area is 107 Å². The molecule has 1 aromatic carbocycles. The van der Waals surface area contributed by atoms with Crippen LogP contribution in [0.25, 0.3) is 0 Å². The Hall–Kier alpha value is -1.74. The molecule has 0 spiro atoms. The van der Waals surface area contributed by atoms with E-state index in [9.17, 15) is 4.39 Å². The van der Waals surface area contributed by atoms with Gasteiger partial charge < -0.3 is 5.32 Å². The molecule has 0 aliphatic rings. The summed E-state index contributed by atoms with van der Waals surface area (Å²) in [6.07, 6.45) is 2.44. The monoisotopic (exact) mass is 244 g/mol. The first-order chi connectivity index (χ1) is 8.70. The van der Waals surface area contributed by atoms with E-state index >= 15 is 0 Å². The molecular weight excluding hydrogens is 227 g/mol. The van der Waals surface area contributed by atoms with Gasteiger partial charge in [0.25, 0.3) is 0 Å². The van der Waals surface area contributed by atoms with Crippen molar-refractivity contribution in [3.63, 3.8) is 0 Å². The Morgan fingerprint density at radius 3 is 2.72 bits per heavy atom. The summed E-state index contributed by atoms with van der Waals surface area (Å²) in [5, 5.41) is 3.15. The van der Waals surface area contributed by atoms with Gasteiger partial charge in [0.1, 0.15) is 5.82 Å². The van der Waals surface area contributed by atoms with Gasteiger partial charge in [0.15, 0.2) is 0 Å². The summed E-state index contributed by atoms with van der Waals surface area (Å²) in [4.78, 5) is 4.28. The van der Waals surface area contributed by atoms with Crippen LogP contribution in [0.3, 0.4) is 0 Å². The van der Waals surface area contributed by atoms with Crippen molar-refractivity contribution in [1.29, 1.82) is 0 Å². The molecule has 94 valence electrons. The molecule has 2 aromatic rings. The molecule has 0 aliphatic carbocycles. The maximum absolute atomic E-state index is 13.9. The summed E-state index contributed by atoms with van der Waals surface area (Å²) in [7, 11) is 1.84. The van der Waals surface area contributed by atoms with Crippen molar-refractivity contribution in [3.8, 4) is 0 Å². The second-order valence-electron chi connectivity index (χ2n) is 4.39. The Morgan fingerprint density at radius 1 is 1.28 bits per heavy atom. The van der Waals surface area contributed by atoms with Crippen LogP contribution in [0.2, 0.25) is 0 Å². The van der Waals surface area contributed by atoms with Crippen LogP contribution in [0.4, 0.5) is 4.39 Å². The highest BCUT2D eigenvalue weighted by atomic mass is 19.1. The number of hydrogen-bond donors (Lipinski definition) is 1. The van der Waals surface area contributed by atoms with Crippen molar-refractivity contribution in [2.24, 2.45) is 0 Å². The summed E-state index contributed by atoms with van der Waals surface area (Å²) in [5.74, 6) is -0.162. The van der Waals surface area contributed by atoms with E-state index in [4.69, 9.17) is 0 Å². The summed E-state index contributed by atoms with van der Waals surface area (Å²) >= 11 is 0. The molecule has 18 heavy (non-hydrogen) atoms. The number of aromatic nitrogens is 1. The van der Waals surface area contributed by atoms with Crippen LogP contribution in [0.15, 0.2) is 42.6 Å². The third-order valence-electron chi connectivity index (χ3n) is 3.02. The molecule has 3 heteroatoms. The van der Waals surface area contributed by atoms with E-state index in [2.05, 4.69) is 10.3 Å². The maximum Gasteiger partial charge on any atom is 0.128 e. The van der Waals surface area contributed by atoms with E-state index in [1.54, 1.807) is 12.3 Å². The van der Waals surface area contributed by atoms with Crippen molar-refractivity contribution >= 4 is 0 Å². The number of hydrogen-bond acceptors (Lipinski definition) is 2. The normalized spacial score (nSPS) is 12.4. The molecule has 1 aromatic heterocycles. The fraction of sp³-hybridized carbons (Fsp3) is 0.267. The van der Waals surface area contributed by atoms with E-state index in [1.165, 1.54) is 0 Å². The van der Waals surface area contributed by atoms with Crippen LogP contribution >= 0.6 is 0 Å². The molecule has 1 atom stereocenters. The topological polar surface area (TPSA) is 24.9 Å². The Kier molecular flexibility index (Phi) is 4.05. The molecular formula is C15H17FN2. The van der Waals surface area contributed by atoms with Crippen LogP contribution in [0.1, 0.15) is 22.9 Å². The highest BCUT2D eigenvalue weighted by Gasteiger charge is 2.14. The minimum Gasteiger partial charge on any atom is -0.313 e. The summed E-state index contributed by atoms with van der Waals surface area (Å²) < 4.78 is 13.9. The number of rotatable bonds is 4. The van der Waals surface area contributed by atoms with E-state index in [0.29, 0.717) is 12.0 Å². The lowest BCUT2D eigenvalue weighted by Crippen LogP contribution is -2.20. The molecule has 0 bridgehead atoms. The van der Waals surface area contributed by atoms with Gasteiger partial charge in [-0.25, -0.2) is 4.39 Å². The predicted octanol–water partition coefficient (Wildman–Crippen LogP) is 3.03. The van der Waals surface area contributed by atoms with Crippen LogP contribution in [-0.4, -0.2) is 12.0 Å². The van der Waals surface area contributed by atoms with Gasteiger partial charge in [0.2, 0.25) is 0 Å². The van der Waals surface area contributed by atoms with Crippen LogP contribution < -0.4 is 5.32 Å². The Balaban J connectivity index is 2.23. The smallest absolute Gasteiger partial charge is 0.128 e. The molecule has 2 nitrogen and oxygen atoms in total. The number of nitrogens with one attached hydrogen (secondary N) is 1. The quantitative estimate of drug-likeness (QED) is 0.894. The highest BCUT2D eigenvalue weighted by Crippen LogP contribution is 2.21. The molecule has 1 heterocycles. The van der Waals surface area contributed by atoms with Gasteiger partial charge in [-0.05, 0) is 37.7 Å². The van der Waals surface area contributed by atoms with Crippen molar-refractivity contribution < 1.29 is 4.39 Å². The summed E-state index contributed by atoms with van der Waals surface area (Å²) in [6.45, 7) is 1.89. The number of pyridine rings is 1. The molecule has 0 aliphatic heterocycles. The number of benzene rings is 1. The zero-order valence-corrected chi connectivity index (χ0v) is 10.7. The first-order valence-electron chi connectivity index (χ1n) is 6.04. The highest BCUT2D eigenvalue weighted by molar-refractivity contribution is 5.27. The molecule has 0 radical (unpaired) electrons.